The second kappa shape index (κ2) is 5.26. The van der Waals surface area contributed by atoms with E-state index in [1.807, 2.05) is 52.0 Å². The van der Waals surface area contributed by atoms with E-state index in [1.54, 1.807) is 6.20 Å². The lowest BCUT2D eigenvalue weighted by atomic mass is 10.1. The quantitative estimate of drug-likeness (QED) is 0.846. The zero-order valence-electron chi connectivity index (χ0n) is 11.8. The Morgan fingerprint density at radius 1 is 1.32 bits per heavy atom. The van der Waals surface area contributed by atoms with Crippen molar-refractivity contribution in [1.82, 2.24) is 5.32 Å². The van der Waals surface area contributed by atoms with Gasteiger partial charge in [0.25, 0.3) is 5.91 Å². The summed E-state index contributed by atoms with van der Waals surface area (Å²) in [5.74, 6) is -0.0868. The van der Waals surface area contributed by atoms with Crippen LogP contribution in [0, 0.1) is 6.92 Å². The van der Waals surface area contributed by atoms with Crippen LogP contribution < -0.4 is 10.3 Å². The van der Waals surface area contributed by atoms with Crippen molar-refractivity contribution in [2.75, 3.05) is 5.01 Å². The lowest BCUT2D eigenvalue weighted by Crippen LogP contribution is -2.24. The highest BCUT2D eigenvalue weighted by molar-refractivity contribution is 6.29. The summed E-state index contributed by atoms with van der Waals surface area (Å²) in [6.45, 7) is 7.90. The summed E-state index contributed by atoms with van der Waals surface area (Å²) < 4.78 is 0. The smallest absolute Gasteiger partial charge is 0.282 e. The molecule has 1 aromatic carbocycles. The number of rotatable bonds is 3. The molecule has 1 heterocycles. The molecule has 19 heavy (non-hydrogen) atoms. The van der Waals surface area contributed by atoms with Gasteiger partial charge in [-0.25, -0.2) is 0 Å². The number of hydrogen-bond donors (Lipinski definition) is 1. The van der Waals surface area contributed by atoms with E-state index in [0.717, 1.165) is 17.0 Å². The molecule has 1 aliphatic heterocycles. The topological polar surface area (TPSA) is 44.7 Å². The monoisotopic (exact) mass is 257 g/mol. The number of hydrazone groups is 1. The maximum atomic E-state index is 12.3. The first-order chi connectivity index (χ1) is 8.99. The molecule has 1 amide bonds. The highest BCUT2D eigenvalue weighted by Gasteiger charge is 2.28. The molecular weight excluding hydrogens is 238 g/mol. The number of nitrogens with zero attached hydrogens (tertiary/aromatic N) is 2. The molecule has 0 aromatic heterocycles. The van der Waals surface area contributed by atoms with Crippen molar-refractivity contribution in [2.24, 2.45) is 5.10 Å². The molecule has 1 aromatic rings. The van der Waals surface area contributed by atoms with Crippen molar-refractivity contribution in [3.05, 3.63) is 41.6 Å². The number of nitrogens with one attached hydrogen (secondary N) is 1. The molecule has 2 rings (SSSR count). The number of carbonyl (C=O) groups excluding carboxylic acids is 1. The van der Waals surface area contributed by atoms with Crippen LogP contribution in [-0.2, 0) is 4.79 Å². The van der Waals surface area contributed by atoms with Crippen LogP contribution in [0.4, 0.5) is 5.69 Å². The summed E-state index contributed by atoms with van der Waals surface area (Å²) in [4.78, 5) is 12.3. The number of hydrogen-bond acceptors (Lipinski definition) is 3. The first-order valence-corrected chi connectivity index (χ1v) is 6.42. The standard InChI is InChI=1S/C15H19N3O/c1-10(2)16-9-14-12(4)17-18(15(14)19)13-7-5-6-11(3)8-13/h5-10,16H,1-4H3/b14-9-. The molecule has 1 N–H and O–H groups in total. The minimum atomic E-state index is -0.0868. The zero-order valence-corrected chi connectivity index (χ0v) is 11.8. The van der Waals surface area contributed by atoms with Crippen LogP contribution in [0.15, 0.2) is 41.1 Å². The fraction of sp³-hybridized carbons (Fsp3) is 0.333. The lowest BCUT2D eigenvalue weighted by molar-refractivity contribution is -0.114. The molecule has 100 valence electrons. The minimum Gasteiger partial charge on any atom is -0.388 e. The average molecular weight is 257 g/mol. The third-order valence-electron chi connectivity index (χ3n) is 2.87. The van der Waals surface area contributed by atoms with Gasteiger partial charge in [0.05, 0.1) is 17.0 Å². The van der Waals surface area contributed by atoms with Crippen molar-refractivity contribution in [2.45, 2.75) is 33.7 Å². The molecule has 4 nitrogen and oxygen atoms in total. The molecule has 1 aliphatic rings. The van der Waals surface area contributed by atoms with Crippen LogP contribution in [0.2, 0.25) is 0 Å². The number of anilines is 1. The second-order valence-corrected chi connectivity index (χ2v) is 5.02. The van der Waals surface area contributed by atoms with E-state index < -0.39 is 0 Å². The minimum absolute atomic E-state index is 0.0868. The Hall–Kier alpha value is -2.10. The Labute approximate surface area is 113 Å². The van der Waals surface area contributed by atoms with E-state index in [0.29, 0.717) is 11.6 Å². The Bertz CT molecular complexity index is 558. The highest BCUT2D eigenvalue weighted by Crippen LogP contribution is 2.23. The lowest BCUT2D eigenvalue weighted by Gasteiger charge is -2.12. The zero-order chi connectivity index (χ0) is 14.0. The molecule has 0 aliphatic carbocycles. The third kappa shape index (κ3) is 2.84. The normalized spacial score (nSPS) is 17.3. The Morgan fingerprint density at radius 3 is 2.68 bits per heavy atom. The summed E-state index contributed by atoms with van der Waals surface area (Å²) in [5.41, 5.74) is 3.27. The number of carbonyl (C=O) groups is 1. The van der Waals surface area contributed by atoms with E-state index in [2.05, 4.69) is 10.4 Å². The second-order valence-electron chi connectivity index (χ2n) is 5.02. The molecule has 0 saturated heterocycles. The Balaban J connectivity index is 2.28. The van der Waals surface area contributed by atoms with Crippen molar-refractivity contribution in [3.63, 3.8) is 0 Å². The van der Waals surface area contributed by atoms with Gasteiger partial charge in [0.1, 0.15) is 0 Å². The summed E-state index contributed by atoms with van der Waals surface area (Å²) in [6.07, 6.45) is 1.75. The molecule has 0 unspecified atom stereocenters. The molecule has 0 spiro atoms. The summed E-state index contributed by atoms with van der Waals surface area (Å²) in [7, 11) is 0. The van der Waals surface area contributed by atoms with Crippen LogP contribution in [-0.4, -0.2) is 17.7 Å². The fourth-order valence-corrected chi connectivity index (χ4v) is 1.87. The van der Waals surface area contributed by atoms with Gasteiger partial charge in [0, 0.05) is 12.2 Å². The van der Waals surface area contributed by atoms with E-state index >= 15 is 0 Å². The summed E-state index contributed by atoms with van der Waals surface area (Å²) in [6, 6.07) is 8.06. The summed E-state index contributed by atoms with van der Waals surface area (Å²) >= 11 is 0. The molecule has 0 fully saturated rings. The maximum absolute atomic E-state index is 12.3. The van der Waals surface area contributed by atoms with Gasteiger partial charge in [-0.1, -0.05) is 12.1 Å². The van der Waals surface area contributed by atoms with Crippen LogP contribution >= 0.6 is 0 Å². The van der Waals surface area contributed by atoms with Gasteiger partial charge in [0.2, 0.25) is 0 Å². The van der Waals surface area contributed by atoms with Gasteiger partial charge in [0.15, 0.2) is 0 Å². The van der Waals surface area contributed by atoms with E-state index in [9.17, 15) is 4.79 Å². The first-order valence-electron chi connectivity index (χ1n) is 6.42. The molecule has 0 radical (unpaired) electrons. The Morgan fingerprint density at radius 2 is 2.05 bits per heavy atom. The van der Waals surface area contributed by atoms with Crippen molar-refractivity contribution in [1.29, 1.82) is 0 Å². The average Bonchev–Trinajstić information content (AvgIpc) is 2.62. The largest absolute Gasteiger partial charge is 0.388 e. The van der Waals surface area contributed by atoms with Crippen molar-refractivity contribution in [3.8, 4) is 0 Å². The molecule has 0 saturated carbocycles. The van der Waals surface area contributed by atoms with Crippen LogP contribution in [0.1, 0.15) is 26.3 Å². The van der Waals surface area contributed by atoms with Crippen molar-refractivity contribution < 1.29 is 4.79 Å². The maximum Gasteiger partial charge on any atom is 0.282 e. The van der Waals surface area contributed by atoms with Gasteiger partial charge < -0.3 is 5.32 Å². The number of aryl methyl sites for hydroxylation is 1. The van der Waals surface area contributed by atoms with Crippen LogP contribution in [0.25, 0.3) is 0 Å². The highest BCUT2D eigenvalue weighted by atomic mass is 16.2. The third-order valence-corrected chi connectivity index (χ3v) is 2.87. The van der Waals surface area contributed by atoms with Crippen LogP contribution in [0.3, 0.4) is 0 Å². The van der Waals surface area contributed by atoms with E-state index in [-0.39, 0.29) is 5.91 Å². The van der Waals surface area contributed by atoms with E-state index in [1.165, 1.54) is 5.01 Å². The molecule has 0 atom stereocenters. The Kier molecular flexibility index (Phi) is 3.69. The summed E-state index contributed by atoms with van der Waals surface area (Å²) in [5, 5.41) is 8.93. The number of amides is 1. The van der Waals surface area contributed by atoms with Crippen LogP contribution in [0.5, 0.6) is 0 Å². The fourth-order valence-electron chi connectivity index (χ4n) is 1.87. The molecular formula is C15H19N3O. The van der Waals surface area contributed by atoms with Gasteiger partial charge in [-0.3, -0.25) is 4.79 Å². The molecule has 0 bridgehead atoms. The van der Waals surface area contributed by atoms with E-state index in [4.69, 9.17) is 0 Å². The van der Waals surface area contributed by atoms with Gasteiger partial charge in [-0.05, 0) is 45.4 Å². The predicted molar refractivity (Wildman–Crippen MR) is 78.1 cm³/mol. The van der Waals surface area contributed by atoms with Crippen molar-refractivity contribution >= 4 is 17.3 Å². The first kappa shape index (κ1) is 13.3. The number of benzene rings is 1. The van der Waals surface area contributed by atoms with Gasteiger partial charge in [-0.2, -0.15) is 10.1 Å². The van der Waals surface area contributed by atoms with Gasteiger partial charge in [-0.15, -0.1) is 0 Å². The van der Waals surface area contributed by atoms with Gasteiger partial charge >= 0.3 is 0 Å². The predicted octanol–water partition coefficient (Wildman–Crippen LogP) is 2.60. The molecule has 4 heteroatoms. The SMILES string of the molecule is CC1=NN(c2cccc(C)c2)C(=O)/C1=C\NC(C)C.